The maximum absolute atomic E-state index is 12.2. The molecule has 3 aromatic rings. The van der Waals surface area contributed by atoms with Crippen molar-refractivity contribution in [3.05, 3.63) is 64.5 Å². The van der Waals surface area contributed by atoms with Crippen LogP contribution in [0.25, 0.3) is 16.2 Å². The van der Waals surface area contributed by atoms with Crippen molar-refractivity contribution in [1.82, 2.24) is 0 Å². The molecule has 2 amide bonds. The molecule has 0 radical (unpaired) electrons. The number of fused-ring (bicyclic) bond motifs is 1. The molecule has 7 heteroatoms. The minimum atomic E-state index is -0.463. The Morgan fingerprint density at radius 2 is 1.85 bits per heavy atom. The fraction of sp³-hybridized carbons (Fsp3) is 0.100. The minimum absolute atomic E-state index is 0.266. The molecule has 27 heavy (non-hydrogen) atoms. The zero-order valence-corrected chi connectivity index (χ0v) is 16.3. The Kier molecular flexibility index (Phi) is 5.78. The fourth-order valence-electron chi connectivity index (χ4n) is 2.49. The van der Waals surface area contributed by atoms with Gasteiger partial charge in [0.15, 0.2) is 0 Å². The van der Waals surface area contributed by atoms with Crippen LogP contribution in [0.1, 0.15) is 4.88 Å². The molecule has 0 bridgehead atoms. The van der Waals surface area contributed by atoms with Crippen molar-refractivity contribution in [3.8, 4) is 0 Å². The van der Waals surface area contributed by atoms with Crippen LogP contribution in [0.3, 0.4) is 0 Å². The summed E-state index contributed by atoms with van der Waals surface area (Å²) in [7, 11) is 2.93. The van der Waals surface area contributed by atoms with Gasteiger partial charge in [0.25, 0.3) is 0 Å². The molecular weight excluding hydrogens is 384 g/mol. The van der Waals surface area contributed by atoms with Crippen LogP contribution in [0.5, 0.6) is 0 Å². The van der Waals surface area contributed by atoms with Crippen molar-refractivity contribution in [3.63, 3.8) is 0 Å². The third-order valence-corrected chi connectivity index (χ3v) is 5.57. The lowest BCUT2D eigenvalue weighted by atomic mass is 10.2. The third-order valence-electron chi connectivity index (χ3n) is 3.92. The normalized spacial score (nSPS) is 10.9. The molecule has 0 spiro atoms. The van der Waals surface area contributed by atoms with Gasteiger partial charge in [-0.1, -0.05) is 29.8 Å². The lowest BCUT2D eigenvalue weighted by molar-refractivity contribution is -0.111. The second-order valence-electron chi connectivity index (χ2n) is 5.67. The van der Waals surface area contributed by atoms with Gasteiger partial charge in [-0.15, -0.1) is 11.3 Å². The van der Waals surface area contributed by atoms with Crippen molar-refractivity contribution in [2.45, 2.75) is 0 Å². The number of nitrogens with zero attached hydrogens (tertiary/aromatic N) is 1. The van der Waals surface area contributed by atoms with Gasteiger partial charge in [-0.25, -0.2) is 4.79 Å². The maximum atomic E-state index is 12.2. The highest BCUT2D eigenvalue weighted by atomic mass is 35.5. The van der Waals surface area contributed by atoms with E-state index in [0.29, 0.717) is 16.4 Å². The van der Waals surface area contributed by atoms with Crippen LogP contribution in [-0.4, -0.2) is 26.2 Å². The van der Waals surface area contributed by atoms with Gasteiger partial charge >= 0.3 is 6.09 Å². The maximum Gasteiger partial charge on any atom is 0.413 e. The van der Waals surface area contributed by atoms with Gasteiger partial charge in [-0.3, -0.25) is 9.69 Å². The molecule has 0 aliphatic carbocycles. The molecule has 1 aromatic heterocycles. The average molecular weight is 401 g/mol. The molecule has 3 rings (SSSR count). The molecule has 5 nitrogen and oxygen atoms in total. The van der Waals surface area contributed by atoms with Gasteiger partial charge in [-0.2, -0.15) is 0 Å². The van der Waals surface area contributed by atoms with E-state index >= 15 is 0 Å². The molecule has 1 N–H and O–H groups in total. The van der Waals surface area contributed by atoms with Gasteiger partial charge in [0, 0.05) is 39.5 Å². The Morgan fingerprint density at radius 1 is 1.15 bits per heavy atom. The largest absolute Gasteiger partial charge is 0.452 e. The Balaban J connectivity index is 1.67. The lowest BCUT2D eigenvalue weighted by Crippen LogP contribution is -2.25. The Labute approximate surface area is 165 Å². The van der Waals surface area contributed by atoms with E-state index in [9.17, 15) is 9.59 Å². The Morgan fingerprint density at radius 3 is 2.52 bits per heavy atom. The van der Waals surface area contributed by atoms with Crippen molar-refractivity contribution in [2.75, 3.05) is 24.4 Å². The fourth-order valence-corrected chi connectivity index (χ4v) is 3.88. The number of benzene rings is 2. The van der Waals surface area contributed by atoms with E-state index in [2.05, 4.69) is 10.1 Å². The SMILES string of the molecule is COC(=O)N(C)c1ccc(NC(=O)C=Cc2sc3ccccc3c2Cl)cc1. The number of thiophene rings is 1. The highest BCUT2D eigenvalue weighted by Crippen LogP contribution is 2.35. The zero-order chi connectivity index (χ0) is 19.4. The number of carbonyl (C=O) groups is 2. The summed E-state index contributed by atoms with van der Waals surface area (Å²) in [4.78, 5) is 25.9. The van der Waals surface area contributed by atoms with E-state index in [1.54, 1.807) is 37.4 Å². The van der Waals surface area contributed by atoms with E-state index < -0.39 is 6.09 Å². The van der Waals surface area contributed by atoms with E-state index in [0.717, 1.165) is 15.0 Å². The number of rotatable bonds is 4. The summed E-state index contributed by atoms with van der Waals surface area (Å²) in [5.74, 6) is -0.266. The lowest BCUT2D eigenvalue weighted by Gasteiger charge is -2.15. The quantitative estimate of drug-likeness (QED) is 0.596. The molecule has 0 saturated carbocycles. The number of ether oxygens (including phenoxy) is 1. The van der Waals surface area contributed by atoms with Crippen LogP contribution >= 0.6 is 22.9 Å². The predicted octanol–water partition coefficient (Wildman–Crippen LogP) is 5.41. The third kappa shape index (κ3) is 4.30. The highest BCUT2D eigenvalue weighted by Gasteiger charge is 2.11. The second kappa shape index (κ2) is 8.24. The first-order valence-corrected chi connectivity index (χ1v) is 9.27. The van der Waals surface area contributed by atoms with Gasteiger partial charge in [-0.05, 0) is 36.4 Å². The molecular formula is C20H17ClN2O3S. The Hall–Kier alpha value is -2.83. The topological polar surface area (TPSA) is 58.6 Å². The van der Waals surface area contributed by atoms with Crippen LogP contribution < -0.4 is 10.2 Å². The molecule has 0 aliphatic heterocycles. The molecule has 0 unspecified atom stereocenters. The van der Waals surface area contributed by atoms with Gasteiger partial charge in [0.05, 0.1) is 12.1 Å². The molecule has 138 valence electrons. The van der Waals surface area contributed by atoms with Crippen molar-refractivity contribution in [2.24, 2.45) is 0 Å². The Bertz CT molecular complexity index is 1010. The number of carbonyl (C=O) groups excluding carboxylic acids is 2. The summed E-state index contributed by atoms with van der Waals surface area (Å²) in [5, 5.41) is 4.40. The second-order valence-corrected chi connectivity index (χ2v) is 7.14. The smallest absolute Gasteiger partial charge is 0.413 e. The van der Waals surface area contributed by atoms with Crippen LogP contribution in [0, 0.1) is 0 Å². The van der Waals surface area contributed by atoms with E-state index in [1.165, 1.54) is 29.4 Å². The molecule has 0 fully saturated rings. The molecule has 2 aromatic carbocycles. The number of hydrogen-bond acceptors (Lipinski definition) is 4. The number of methoxy groups -OCH3 is 1. The van der Waals surface area contributed by atoms with Crippen molar-refractivity contribution >= 4 is 62.5 Å². The summed E-state index contributed by atoms with van der Waals surface area (Å²) < 4.78 is 5.74. The first-order chi connectivity index (χ1) is 13.0. The summed E-state index contributed by atoms with van der Waals surface area (Å²) in [5.41, 5.74) is 1.28. The van der Waals surface area contributed by atoms with Crippen molar-refractivity contribution < 1.29 is 14.3 Å². The molecule has 0 atom stereocenters. The molecule has 0 aliphatic rings. The molecule has 1 heterocycles. The summed E-state index contributed by atoms with van der Waals surface area (Å²) in [6.45, 7) is 0. The predicted molar refractivity (Wildman–Crippen MR) is 112 cm³/mol. The van der Waals surface area contributed by atoms with Crippen LogP contribution in [0.15, 0.2) is 54.6 Å². The minimum Gasteiger partial charge on any atom is -0.452 e. The van der Waals surface area contributed by atoms with Gasteiger partial charge in [0.2, 0.25) is 5.91 Å². The van der Waals surface area contributed by atoms with E-state index in [1.807, 2.05) is 24.3 Å². The monoisotopic (exact) mass is 400 g/mol. The van der Waals surface area contributed by atoms with E-state index in [4.69, 9.17) is 11.6 Å². The van der Waals surface area contributed by atoms with Crippen LogP contribution in [0.4, 0.5) is 16.2 Å². The van der Waals surface area contributed by atoms with E-state index in [-0.39, 0.29) is 5.91 Å². The average Bonchev–Trinajstić information content (AvgIpc) is 3.02. The summed E-state index contributed by atoms with van der Waals surface area (Å²) in [6.07, 6.45) is 2.70. The van der Waals surface area contributed by atoms with Gasteiger partial charge < -0.3 is 10.1 Å². The summed E-state index contributed by atoms with van der Waals surface area (Å²) in [6, 6.07) is 14.7. The number of anilines is 2. The highest BCUT2D eigenvalue weighted by molar-refractivity contribution is 7.20. The van der Waals surface area contributed by atoms with Crippen LogP contribution in [-0.2, 0) is 9.53 Å². The van der Waals surface area contributed by atoms with Crippen molar-refractivity contribution in [1.29, 1.82) is 0 Å². The van der Waals surface area contributed by atoms with Gasteiger partial charge in [0.1, 0.15) is 0 Å². The number of nitrogens with one attached hydrogen (secondary N) is 1. The number of halogens is 1. The number of hydrogen-bond donors (Lipinski definition) is 1. The standard InChI is InChI=1S/C20H17ClN2O3S/c1-23(20(25)26-2)14-9-7-13(8-10-14)22-18(24)12-11-17-19(21)15-5-3-4-6-16(15)27-17/h3-12H,1-2H3,(H,22,24). The zero-order valence-electron chi connectivity index (χ0n) is 14.7. The summed E-state index contributed by atoms with van der Waals surface area (Å²) >= 11 is 7.90. The number of amides is 2. The molecule has 0 saturated heterocycles. The first-order valence-electron chi connectivity index (χ1n) is 8.07. The first kappa shape index (κ1) is 18.9. The van der Waals surface area contributed by atoms with Crippen LogP contribution in [0.2, 0.25) is 5.02 Å².